The summed E-state index contributed by atoms with van der Waals surface area (Å²) in [5.41, 5.74) is 8.46. The Balaban J connectivity index is 2.19. The van der Waals surface area contributed by atoms with Crippen molar-refractivity contribution in [1.82, 2.24) is 4.98 Å². The van der Waals surface area contributed by atoms with Gasteiger partial charge in [0.15, 0.2) is 5.84 Å². The fourth-order valence-electron chi connectivity index (χ4n) is 2.00. The van der Waals surface area contributed by atoms with Crippen molar-refractivity contribution >= 4 is 11.7 Å². The molecule has 5 heteroatoms. The van der Waals surface area contributed by atoms with Gasteiger partial charge in [-0.1, -0.05) is 41.1 Å². The third-order valence-electron chi connectivity index (χ3n) is 3.00. The van der Waals surface area contributed by atoms with E-state index in [-0.39, 0.29) is 5.84 Å². The number of rotatable bonds is 4. The molecular weight excluding hydrogens is 252 g/mol. The Kier molecular flexibility index (Phi) is 4.20. The van der Waals surface area contributed by atoms with Crippen molar-refractivity contribution in [3.8, 4) is 0 Å². The zero-order valence-electron chi connectivity index (χ0n) is 11.6. The summed E-state index contributed by atoms with van der Waals surface area (Å²) in [6.07, 6.45) is 0. The monoisotopic (exact) mass is 270 g/mol. The minimum atomic E-state index is 0.0100. The van der Waals surface area contributed by atoms with E-state index < -0.39 is 0 Å². The Hall–Kier alpha value is -2.56. The average Bonchev–Trinajstić information content (AvgIpc) is 2.46. The van der Waals surface area contributed by atoms with Gasteiger partial charge in [-0.3, -0.25) is 0 Å². The number of nitrogens with two attached hydrogens (primary N) is 1. The molecule has 0 fully saturated rings. The number of anilines is 1. The molecule has 0 aliphatic heterocycles. The van der Waals surface area contributed by atoms with E-state index in [1.807, 2.05) is 30.1 Å². The zero-order chi connectivity index (χ0) is 14.5. The van der Waals surface area contributed by atoms with Crippen molar-refractivity contribution in [3.63, 3.8) is 0 Å². The second-order valence-electron chi connectivity index (χ2n) is 4.71. The van der Waals surface area contributed by atoms with Crippen molar-refractivity contribution < 1.29 is 5.21 Å². The number of aryl methyl sites for hydroxylation is 1. The highest BCUT2D eigenvalue weighted by Crippen LogP contribution is 2.14. The van der Waals surface area contributed by atoms with Crippen molar-refractivity contribution in [2.24, 2.45) is 10.9 Å². The molecule has 3 N–H and O–H groups in total. The smallest absolute Gasteiger partial charge is 0.188 e. The van der Waals surface area contributed by atoms with Gasteiger partial charge in [0.05, 0.1) is 0 Å². The largest absolute Gasteiger partial charge is 0.409 e. The topological polar surface area (TPSA) is 74.7 Å². The lowest BCUT2D eigenvalue weighted by atomic mass is 10.1. The molecule has 5 nitrogen and oxygen atoms in total. The number of hydrogen-bond donors (Lipinski definition) is 2. The molecule has 1 aromatic carbocycles. The van der Waals surface area contributed by atoms with Crippen LogP contribution in [0.2, 0.25) is 0 Å². The first kappa shape index (κ1) is 13.9. The number of benzene rings is 1. The molecule has 2 rings (SSSR count). The molecule has 0 radical (unpaired) electrons. The van der Waals surface area contributed by atoms with Crippen molar-refractivity contribution in [3.05, 3.63) is 59.3 Å². The van der Waals surface area contributed by atoms with E-state index >= 15 is 0 Å². The summed E-state index contributed by atoms with van der Waals surface area (Å²) in [6, 6.07) is 13.8. The Labute approximate surface area is 118 Å². The van der Waals surface area contributed by atoms with E-state index in [2.05, 4.69) is 35.3 Å². The van der Waals surface area contributed by atoms with E-state index in [4.69, 9.17) is 10.9 Å². The fraction of sp³-hybridized carbons (Fsp3) is 0.200. The van der Waals surface area contributed by atoms with Crippen molar-refractivity contribution in [2.45, 2.75) is 13.5 Å². The van der Waals surface area contributed by atoms with Gasteiger partial charge < -0.3 is 15.8 Å². The van der Waals surface area contributed by atoms with E-state index in [0.717, 1.165) is 12.4 Å². The van der Waals surface area contributed by atoms with Crippen LogP contribution in [0.15, 0.2) is 47.6 Å². The van der Waals surface area contributed by atoms with Gasteiger partial charge >= 0.3 is 0 Å². The molecule has 0 aliphatic carbocycles. The summed E-state index contributed by atoms with van der Waals surface area (Å²) in [5.74, 6) is 0.784. The van der Waals surface area contributed by atoms with Gasteiger partial charge in [-0.2, -0.15) is 0 Å². The molecule has 0 spiro atoms. The Morgan fingerprint density at radius 3 is 2.75 bits per heavy atom. The first-order chi connectivity index (χ1) is 9.60. The minimum absolute atomic E-state index is 0.0100. The zero-order valence-corrected chi connectivity index (χ0v) is 11.6. The van der Waals surface area contributed by atoms with Gasteiger partial charge in [-0.05, 0) is 24.6 Å². The maximum absolute atomic E-state index is 8.69. The number of nitrogens with zero attached hydrogens (tertiary/aromatic N) is 3. The number of pyridine rings is 1. The molecule has 0 saturated heterocycles. The number of amidine groups is 1. The SMILES string of the molecule is Cc1cccc(CN(C)c2cccc(C(N)=NO)n2)c1. The van der Waals surface area contributed by atoms with Crippen LogP contribution < -0.4 is 10.6 Å². The lowest BCUT2D eigenvalue weighted by molar-refractivity contribution is 0.318. The van der Waals surface area contributed by atoms with E-state index in [9.17, 15) is 0 Å². The minimum Gasteiger partial charge on any atom is -0.409 e. The predicted octanol–water partition coefficient (Wildman–Crippen LogP) is 2.12. The first-order valence-electron chi connectivity index (χ1n) is 6.32. The Morgan fingerprint density at radius 1 is 1.30 bits per heavy atom. The van der Waals surface area contributed by atoms with E-state index in [0.29, 0.717) is 5.69 Å². The highest BCUT2D eigenvalue weighted by atomic mass is 16.4. The molecule has 0 saturated carbocycles. The van der Waals surface area contributed by atoms with Gasteiger partial charge in [0.1, 0.15) is 11.5 Å². The molecule has 0 aliphatic rings. The van der Waals surface area contributed by atoms with Gasteiger partial charge in [0.25, 0.3) is 0 Å². The normalized spacial score (nSPS) is 11.4. The maximum atomic E-state index is 8.69. The molecule has 20 heavy (non-hydrogen) atoms. The number of hydrogen-bond acceptors (Lipinski definition) is 4. The third-order valence-corrected chi connectivity index (χ3v) is 3.00. The molecule has 0 bridgehead atoms. The van der Waals surface area contributed by atoms with E-state index in [1.165, 1.54) is 11.1 Å². The predicted molar refractivity (Wildman–Crippen MR) is 80.0 cm³/mol. The summed E-state index contributed by atoms with van der Waals surface area (Å²) >= 11 is 0. The Morgan fingerprint density at radius 2 is 2.05 bits per heavy atom. The van der Waals surface area contributed by atoms with Crippen LogP contribution in [0.25, 0.3) is 0 Å². The highest BCUT2D eigenvalue weighted by Gasteiger charge is 2.07. The van der Waals surface area contributed by atoms with Crippen molar-refractivity contribution in [2.75, 3.05) is 11.9 Å². The summed E-state index contributed by atoms with van der Waals surface area (Å²) in [6.45, 7) is 2.81. The molecular formula is C15H18N4O. The van der Waals surface area contributed by atoms with Crippen LogP contribution in [-0.4, -0.2) is 23.1 Å². The molecule has 0 unspecified atom stereocenters. The summed E-state index contributed by atoms with van der Waals surface area (Å²) in [7, 11) is 1.96. The molecule has 1 heterocycles. The molecule has 104 valence electrons. The van der Waals surface area contributed by atoms with Gasteiger partial charge in [-0.25, -0.2) is 4.98 Å². The quantitative estimate of drug-likeness (QED) is 0.386. The molecule has 0 atom stereocenters. The Bertz CT molecular complexity index is 625. The maximum Gasteiger partial charge on any atom is 0.188 e. The standard InChI is InChI=1S/C15H18N4O/c1-11-5-3-6-12(9-11)10-19(2)14-8-4-7-13(17-14)15(16)18-20/h3-9,20H,10H2,1-2H3,(H2,16,18). The summed E-state index contributed by atoms with van der Waals surface area (Å²) in [4.78, 5) is 6.39. The molecule has 2 aromatic rings. The molecule has 0 amide bonds. The summed E-state index contributed by atoms with van der Waals surface area (Å²) in [5, 5.41) is 11.7. The van der Waals surface area contributed by atoms with E-state index in [1.54, 1.807) is 6.07 Å². The van der Waals surface area contributed by atoms with Crippen LogP contribution in [0.1, 0.15) is 16.8 Å². The third kappa shape index (κ3) is 3.26. The molecule has 1 aromatic heterocycles. The highest BCUT2D eigenvalue weighted by molar-refractivity contribution is 5.95. The van der Waals surface area contributed by atoms with Gasteiger partial charge in [-0.15, -0.1) is 0 Å². The van der Waals surface area contributed by atoms with Crippen LogP contribution >= 0.6 is 0 Å². The second kappa shape index (κ2) is 6.06. The van der Waals surface area contributed by atoms with Gasteiger partial charge in [0, 0.05) is 13.6 Å². The average molecular weight is 270 g/mol. The van der Waals surface area contributed by atoms with Crippen LogP contribution in [0.3, 0.4) is 0 Å². The fourth-order valence-corrected chi connectivity index (χ4v) is 2.00. The van der Waals surface area contributed by atoms with Crippen LogP contribution in [0, 0.1) is 6.92 Å². The first-order valence-corrected chi connectivity index (χ1v) is 6.32. The second-order valence-corrected chi connectivity index (χ2v) is 4.71. The number of oxime groups is 1. The van der Waals surface area contributed by atoms with Crippen LogP contribution in [0.4, 0.5) is 5.82 Å². The van der Waals surface area contributed by atoms with Crippen molar-refractivity contribution in [1.29, 1.82) is 0 Å². The lowest BCUT2D eigenvalue weighted by Crippen LogP contribution is -2.20. The number of aromatic nitrogens is 1. The lowest BCUT2D eigenvalue weighted by Gasteiger charge is -2.19. The van der Waals surface area contributed by atoms with Gasteiger partial charge in [0.2, 0.25) is 0 Å². The van der Waals surface area contributed by atoms with Crippen LogP contribution in [-0.2, 0) is 6.54 Å². The van der Waals surface area contributed by atoms with Crippen LogP contribution in [0.5, 0.6) is 0 Å². The summed E-state index contributed by atoms with van der Waals surface area (Å²) < 4.78 is 0.